The Kier molecular flexibility index (Phi) is 7.38. The van der Waals surface area contributed by atoms with E-state index in [-0.39, 0.29) is 17.9 Å². The van der Waals surface area contributed by atoms with Gasteiger partial charge in [0.1, 0.15) is 18.1 Å². The smallest absolute Gasteiger partial charge is 0.295 e. The fraction of sp³-hybridized carbons (Fsp3) is 0.129. The molecule has 3 aromatic carbocycles. The van der Waals surface area contributed by atoms with Crippen LogP contribution in [0.4, 0.5) is 0 Å². The molecule has 1 aliphatic heterocycles. The Morgan fingerprint density at radius 3 is 2.45 bits per heavy atom. The Labute approximate surface area is 229 Å². The second-order valence-electron chi connectivity index (χ2n) is 9.15. The van der Waals surface area contributed by atoms with Crippen molar-refractivity contribution in [2.24, 2.45) is 0 Å². The van der Waals surface area contributed by atoms with E-state index in [0.717, 1.165) is 21.2 Å². The number of aryl methyl sites for hydroxylation is 1. The van der Waals surface area contributed by atoms with Crippen LogP contribution >= 0.6 is 15.9 Å². The van der Waals surface area contributed by atoms with E-state index in [1.807, 2.05) is 55.5 Å². The summed E-state index contributed by atoms with van der Waals surface area (Å²) in [6.07, 6.45) is 3.31. The summed E-state index contributed by atoms with van der Waals surface area (Å²) in [5, 5.41) is 11.3. The summed E-state index contributed by atoms with van der Waals surface area (Å²) >= 11 is 3.48. The molecule has 4 aromatic rings. The van der Waals surface area contributed by atoms with Crippen LogP contribution < -0.4 is 4.74 Å². The lowest BCUT2D eigenvalue weighted by Crippen LogP contribution is -2.29. The van der Waals surface area contributed by atoms with E-state index in [2.05, 4.69) is 27.0 Å². The van der Waals surface area contributed by atoms with E-state index in [0.29, 0.717) is 23.5 Å². The molecule has 1 fully saturated rings. The van der Waals surface area contributed by atoms with Crippen molar-refractivity contribution in [3.8, 4) is 5.75 Å². The van der Waals surface area contributed by atoms with Gasteiger partial charge in [0.25, 0.3) is 11.7 Å². The number of hydrogen-bond acceptors (Lipinski definition) is 5. The Morgan fingerprint density at radius 1 is 0.974 bits per heavy atom. The van der Waals surface area contributed by atoms with Crippen LogP contribution in [0.15, 0.2) is 107 Å². The standard InChI is InChI=1S/C31H25BrN2O4/c1-20-5-2-6-21(15-20)19-38-26-12-10-23(11-13-26)29(35)27-28(24-8-3-9-25(32)16-24)34(31(37)30(27)36)18-22-7-4-14-33-17-22/h2-17,28,35H,18-19H2,1H3/t28-/m0/s1. The molecule has 5 rings (SSSR count). The van der Waals surface area contributed by atoms with E-state index in [4.69, 9.17) is 4.74 Å². The first kappa shape index (κ1) is 25.4. The van der Waals surface area contributed by atoms with Crippen molar-refractivity contribution >= 4 is 33.4 Å². The predicted molar refractivity (Wildman–Crippen MR) is 148 cm³/mol. The molecular weight excluding hydrogens is 544 g/mol. The van der Waals surface area contributed by atoms with Gasteiger partial charge >= 0.3 is 0 Å². The highest BCUT2D eigenvalue weighted by Crippen LogP contribution is 2.41. The van der Waals surface area contributed by atoms with Crippen molar-refractivity contribution in [1.82, 2.24) is 9.88 Å². The Morgan fingerprint density at radius 2 is 1.74 bits per heavy atom. The zero-order chi connectivity index (χ0) is 26.6. The first-order chi connectivity index (χ1) is 18.4. The third-order valence-electron chi connectivity index (χ3n) is 6.40. The number of likely N-dealkylation sites (tertiary alicyclic amines) is 1. The van der Waals surface area contributed by atoms with Crippen molar-refractivity contribution in [3.05, 3.63) is 135 Å². The highest BCUT2D eigenvalue weighted by molar-refractivity contribution is 9.10. The van der Waals surface area contributed by atoms with Crippen LogP contribution in [0.5, 0.6) is 5.75 Å². The summed E-state index contributed by atoms with van der Waals surface area (Å²) in [4.78, 5) is 32.1. The number of amides is 1. The van der Waals surface area contributed by atoms with Crippen molar-refractivity contribution in [1.29, 1.82) is 0 Å². The Hall–Kier alpha value is -4.23. The van der Waals surface area contributed by atoms with Crippen LogP contribution in [0.3, 0.4) is 0 Å². The van der Waals surface area contributed by atoms with Crippen molar-refractivity contribution in [2.75, 3.05) is 0 Å². The molecule has 1 N–H and O–H groups in total. The molecule has 0 bridgehead atoms. The molecule has 38 heavy (non-hydrogen) atoms. The first-order valence-electron chi connectivity index (χ1n) is 12.1. The van der Waals surface area contributed by atoms with Gasteiger partial charge in [-0.3, -0.25) is 14.6 Å². The van der Waals surface area contributed by atoms with Crippen LogP contribution in [0.2, 0.25) is 0 Å². The molecule has 190 valence electrons. The van der Waals surface area contributed by atoms with E-state index < -0.39 is 17.7 Å². The van der Waals surface area contributed by atoms with Gasteiger partial charge in [-0.1, -0.05) is 64.0 Å². The normalized spacial score (nSPS) is 16.6. The van der Waals surface area contributed by atoms with Crippen LogP contribution in [-0.4, -0.2) is 26.7 Å². The molecule has 1 amide bonds. The third kappa shape index (κ3) is 5.38. The highest BCUT2D eigenvalue weighted by atomic mass is 79.9. The van der Waals surface area contributed by atoms with Gasteiger partial charge in [0.2, 0.25) is 0 Å². The summed E-state index contributed by atoms with van der Waals surface area (Å²) < 4.78 is 6.70. The van der Waals surface area contributed by atoms with Gasteiger partial charge in [-0.05, 0) is 66.1 Å². The lowest BCUT2D eigenvalue weighted by molar-refractivity contribution is -0.140. The second-order valence-corrected chi connectivity index (χ2v) is 10.1. The molecule has 1 aromatic heterocycles. The number of aliphatic hydroxyl groups is 1. The van der Waals surface area contributed by atoms with Crippen molar-refractivity contribution in [3.63, 3.8) is 0 Å². The van der Waals surface area contributed by atoms with E-state index in [1.54, 1.807) is 42.7 Å². The van der Waals surface area contributed by atoms with Crippen LogP contribution in [0.25, 0.3) is 5.76 Å². The fourth-order valence-corrected chi connectivity index (χ4v) is 5.00. The van der Waals surface area contributed by atoms with Crippen LogP contribution in [0.1, 0.15) is 33.9 Å². The molecular formula is C31H25BrN2O4. The maximum atomic E-state index is 13.3. The lowest BCUT2D eigenvalue weighted by Gasteiger charge is -2.25. The topological polar surface area (TPSA) is 79.7 Å². The summed E-state index contributed by atoms with van der Waals surface area (Å²) in [6.45, 7) is 2.62. The fourth-order valence-electron chi connectivity index (χ4n) is 4.59. The lowest BCUT2D eigenvalue weighted by atomic mass is 9.95. The van der Waals surface area contributed by atoms with Gasteiger partial charge in [-0.15, -0.1) is 0 Å². The number of carbonyl (C=O) groups is 2. The molecule has 0 spiro atoms. The van der Waals surface area contributed by atoms with E-state index in [1.165, 1.54) is 4.90 Å². The molecule has 1 saturated heterocycles. The number of aliphatic hydroxyl groups excluding tert-OH is 1. The molecule has 0 saturated carbocycles. The van der Waals surface area contributed by atoms with Crippen LogP contribution in [-0.2, 0) is 22.7 Å². The van der Waals surface area contributed by atoms with Gasteiger partial charge in [-0.2, -0.15) is 0 Å². The van der Waals surface area contributed by atoms with Gasteiger partial charge in [0.15, 0.2) is 0 Å². The maximum absolute atomic E-state index is 13.3. The average molecular weight is 569 g/mol. The Bertz CT molecular complexity index is 1520. The van der Waals surface area contributed by atoms with Crippen molar-refractivity contribution in [2.45, 2.75) is 26.1 Å². The summed E-state index contributed by atoms with van der Waals surface area (Å²) in [6, 6.07) is 25.2. The molecule has 0 aliphatic carbocycles. The first-order valence-corrected chi connectivity index (χ1v) is 12.9. The maximum Gasteiger partial charge on any atom is 0.295 e. The number of ketones is 1. The number of ether oxygens (including phenoxy) is 1. The summed E-state index contributed by atoms with van der Waals surface area (Å²) in [5.74, 6) is -0.995. The number of Topliss-reactive ketones (excluding diaryl/α,β-unsaturated/α-hetero) is 1. The molecule has 2 heterocycles. The summed E-state index contributed by atoms with van der Waals surface area (Å²) in [7, 11) is 0. The average Bonchev–Trinajstić information content (AvgIpc) is 3.17. The molecule has 0 radical (unpaired) electrons. The van der Waals surface area contributed by atoms with Gasteiger partial charge in [-0.25, -0.2) is 0 Å². The second kappa shape index (κ2) is 11.0. The van der Waals surface area contributed by atoms with Crippen LogP contribution in [0, 0.1) is 6.92 Å². The number of rotatable bonds is 7. The number of nitrogens with zero attached hydrogens (tertiary/aromatic N) is 2. The molecule has 7 heteroatoms. The molecule has 0 unspecified atom stereocenters. The zero-order valence-corrected chi connectivity index (χ0v) is 22.3. The number of halogens is 1. The number of benzene rings is 3. The van der Waals surface area contributed by atoms with Gasteiger partial charge < -0.3 is 14.7 Å². The highest BCUT2D eigenvalue weighted by Gasteiger charge is 2.46. The minimum Gasteiger partial charge on any atom is -0.507 e. The number of aromatic nitrogens is 1. The SMILES string of the molecule is Cc1cccc(COc2ccc(C(O)=C3C(=O)C(=O)N(Cc4cccnc4)[C@H]3c3cccc(Br)c3)cc2)c1. The molecule has 1 atom stereocenters. The third-order valence-corrected chi connectivity index (χ3v) is 6.89. The van der Waals surface area contributed by atoms with E-state index in [9.17, 15) is 14.7 Å². The molecule has 1 aliphatic rings. The van der Waals surface area contributed by atoms with Gasteiger partial charge in [0.05, 0.1) is 11.6 Å². The number of pyridine rings is 1. The van der Waals surface area contributed by atoms with Gasteiger partial charge in [0, 0.05) is 29.0 Å². The quantitative estimate of drug-likeness (QED) is 0.159. The zero-order valence-electron chi connectivity index (χ0n) is 20.7. The minimum atomic E-state index is -0.759. The van der Waals surface area contributed by atoms with E-state index >= 15 is 0 Å². The Balaban J connectivity index is 1.47. The molecule has 6 nitrogen and oxygen atoms in total. The van der Waals surface area contributed by atoms with Crippen molar-refractivity contribution < 1.29 is 19.4 Å². The monoisotopic (exact) mass is 568 g/mol. The largest absolute Gasteiger partial charge is 0.507 e. The number of hydrogen-bond donors (Lipinski definition) is 1. The number of carbonyl (C=O) groups excluding carboxylic acids is 2. The minimum absolute atomic E-state index is 0.0467. The summed E-state index contributed by atoms with van der Waals surface area (Å²) in [5.41, 5.74) is 4.18. The predicted octanol–water partition coefficient (Wildman–Crippen LogP) is 6.35.